The monoisotopic (exact) mass is 208 g/mol. The van der Waals surface area contributed by atoms with Crippen molar-refractivity contribution >= 4 is 15.7 Å². The number of carbonyl (C=O) groups is 1. The summed E-state index contributed by atoms with van der Waals surface area (Å²) < 4.78 is 22.0. The molecule has 0 saturated carbocycles. The Bertz CT molecular complexity index is 300. The van der Waals surface area contributed by atoms with Crippen LogP contribution >= 0.6 is 0 Å². The molecule has 1 amide bonds. The molecule has 1 aliphatic rings. The summed E-state index contributed by atoms with van der Waals surface area (Å²) in [6, 6.07) is -0.572. The van der Waals surface area contributed by atoms with Gasteiger partial charge in [0.2, 0.25) is 5.91 Å². The van der Waals surface area contributed by atoms with Gasteiger partial charge < -0.3 is 16.2 Å². The van der Waals surface area contributed by atoms with E-state index in [1.807, 2.05) is 0 Å². The first kappa shape index (κ1) is 10.4. The highest BCUT2D eigenvalue weighted by molar-refractivity contribution is 7.91. The van der Waals surface area contributed by atoms with Crippen LogP contribution in [-0.4, -0.2) is 49.6 Å². The minimum atomic E-state index is -3.16. The SMILES string of the molecule is NC(=O)CN[C@@H]1CS(=O)(=O)C[C@H]1O. The zero-order valence-electron chi connectivity index (χ0n) is 6.93. The van der Waals surface area contributed by atoms with Crippen molar-refractivity contribution in [1.29, 1.82) is 0 Å². The maximum absolute atomic E-state index is 11.0. The predicted molar refractivity (Wildman–Crippen MR) is 45.6 cm³/mol. The molecular weight excluding hydrogens is 196 g/mol. The number of amides is 1. The first-order chi connectivity index (χ1) is 5.91. The van der Waals surface area contributed by atoms with Gasteiger partial charge in [-0.3, -0.25) is 4.79 Å². The second kappa shape index (κ2) is 3.60. The van der Waals surface area contributed by atoms with Crippen LogP contribution < -0.4 is 11.1 Å². The Labute approximate surface area is 76.0 Å². The van der Waals surface area contributed by atoms with E-state index >= 15 is 0 Å². The molecule has 0 aromatic carbocycles. The molecule has 7 heteroatoms. The van der Waals surface area contributed by atoms with Gasteiger partial charge in [-0.15, -0.1) is 0 Å². The summed E-state index contributed by atoms with van der Waals surface area (Å²) >= 11 is 0. The van der Waals surface area contributed by atoms with Crippen LogP contribution in [0.1, 0.15) is 0 Å². The third-order valence-electron chi connectivity index (χ3n) is 1.86. The number of hydrogen-bond acceptors (Lipinski definition) is 5. The third-order valence-corrected chi connectivity index (χ3v) is 3.58. The van der Waals surface area contributed by atoms with E-state index in [-0.39, 0.29) is 18.1 Å². The largest absolute Gasteiger partial charge is 0.390 e. The topological polar surface area (TPSA) is 109 Å². The molecule has 13 heavy (non-hydrogen) atoms. The number of hydrogen-bond donors (Lipinski definition) is 3. The van der Waals surface area contributed by atoms with E-state index < -0.39 is 27.9 Å². The summed E-state index contributed by atoms with van der Waals surface area (Å²) in [5, 5.41) is 11.8. The lowest BCUT2D eigenvalue weighted by atomic mass is 10.2. The molecule has 6 nitrogen and oxygen atoms in total. The van der Waals surface area contributed by atoms with Crippen LogP contribution in [0.4, 0.5) is 0 Å². The Hall–Kier alpha value is -0.660. The van der Waals surface area contributed by atoms with Crippen molar-refractivity contribution < 1.29 is 18.3 Å². The summed E-state index contributed by atoms with van der Waals surface area (Å²) in [7, 11) is -3.16. The summed E-state index contributed by atoms with van der Waals surface area (Å²) in [5.41, 5.74) is 4.85. The van der Waals surface area contributed by atoms with Gasteiger partial charge in [-0.2, -0.15) is 0 Å². The minimum Gasteiger partial charge on any atom is -0.390 e. The van der Waals surface area contributed by atoms with E-state index in [0.717, 1.165) is 0 Å². The van der Waals surface area contributed by atoms with Crippen molar-refractivity contribution in [3.63, 3.8) is 0 Å². The Morgan fingerprint density at radius 3 is 2.54 bits per heavy atom. The normalized spacial score (nSPS) is 31.8. The Kier molecular flexibility index (Phi) is 2.89. The van der Waals surface area contributed by atoms with Gasteiger partial charge in [-0.05, 0) is 0 Å². The number of aliphatic hydroxyl groups is 1. The number of nitrogens with two attached hydrogens (primary N) is 1. The number of primary amides is 1. The van der Waals surface area contributed by atoms with Gasteiger partial charge in [-0.25, -0.2) is 8.42 Å². The molecule has 0 aromatic heterocycles. The minimum absolute atomic E-state index is 0.114. The van der Waals surface area contributed by atoms with Crippen molar-refractivity contribution in [2.45, 2.75) is 12.1 Å². The molecule has 1 fully saturated rings. The van der Waals surface area contributed by atoms with E-state index in [1.54, 1.807) is 0 Å². The summed E-state index contributed by atoms with van der Waals surface area (Å²) in [4.78, 5) is 10.4. The Balaban J connectivity index is 2.49. The van der Waals surface area contributed by atoms with Crippen molar-refractivity contribution in [3.8, 4) is 0 Å². The lowest BCUT2D eigenvalue weighted by Crippen LogP contribution is -2.43. The van der Waals surface area contributed by atoms with E-state index in [4.69, 9.17) is 5.73 Å². The van der Waals surface area contributed by atoms with E-state index in [1.165, 1.54) is 0 Å². The first-order valence-electron chi connectivity index (χ1n) is 3.81. The molecule has 0 bridgehead atoms. The molecule has 0 radical (unpaired) electrons. The molecule has 76 valence electrons. The van der Waals surface area contributed by atoms with Gasteiger partial charge in [0.25, 0.3) is 0 Å². The second-order valence-electron chi connectivity index (χ2n) is 3.10. The number of sulfone groups is 1. The van der Waals surface area contributed by atoms with Crippen molar-refractivity contribution in [2.24, 2.45) is 5.73 Å². The zero-order chi connectivity index (χ0) is 10.1. The van der Waals surface area contributed by atoms with Crippen LogP contribution in [0.15, 0.2) is 0 Å². The van der Waals surface area contributed by atoms with Gasteiger partial charge in [0.15, 0.2) is 9.84 Å². The average molecular weight is 208 g/mol. The average Bonchev–Trinajstić information content (AvgIpc) is 2.20. The van der Waals surface area contributed by atoms with Crippen LogP contribution in [-0.2, 0) is 14.6 Å². The van der Waals surface area contributed by atoms with Crippen molar-refractivity contribution in [3.05, 3.63) is 0 Å². The molecule has 0 aromatic rings. The Morgan fingerprint density at radius 1 is 1.54 bits per heavy atom. The lowest BCUT2D eigenvalue weighted by molar-refractivity contribution is -0.117. The predicted octanol–water partition coefficient (Wildman–Crippen LogP) is -2.78. The fourth-order valence-electron chi connectivity index (χ4n) is 1.26. The lowest BCUT2D eigenvalue weighted by Gasteiger charge is -2.12. The molecule has 1 aliphatic heterocycles. The maximum atomic E-state index is 11.0. The molecule has 0 spiro atoms. The third kappa shape index (κ3) is 2.94. The number of rotatable bonds is 3. The van der Waals surface area contributed by atoms with Crippen molar-refractivity contribution in [1.82, 2.24) is 5.32 Å². The highest BCUT2D eigenvalue weighted by Crippen LogP contribution is 2.11. The molecule has 2 atom stereocenters. The molecular formula is C6H12N2O4S. The fourth-order valence-corrected chi connectivity index (χ4v) is 3.03. The number of nitrogens with one attached hydrogen (secondary N) is 1. The van der Waals surface area contributed by atoms with Gasteiger partial charge in [-0.1, -0.05) is 0 Å². The molecule has 4 N–H and O–H groups in total. The number of aliphatic hydroxyl groups excluding tert-OH is 1. The molecule has 1 heterocycles. The Morgan fingerprint density at radius 2 is 2.15 bits per heavy atom. The second-order valence-corrected chi connectivity index (χ2v) is 5.25. The fraction of sp³-hybridized carbons (Fsp3) is 0.833. The molecule has 1 rings (SSSR count). The van der Waals surface area contributed by atoms with Crippen LogP contribution in [0.2, 0.25) is 0 Å². The van der Waals surface area contributed by atoms with Gasteiger partial charge in [0.05, 0.1) is 24.2 Å². The molecule has 0 unspecified atom stereocenters. The molecule has 0 aliphatic carbocycles. The van der Waals surface area contributed by atoms with Crippen LogP contribution in [0.5, 0.6) is 0 Å². The van der Waals surface area contributed by atoms with Gasteiger partial charge in [0.1, 0.15) is 0 Å². The highest BCUT2D eigenvalue weighted by atomic mass is 32.2. The van der Waals surface area contributed by atoms with Crippen LogP contribution in [0.3, 0.4) is 0 Å². The number of carbonyl (C=O) groups excluding carboxylic acids is 1. The van der Waals surface area contributed by atoms with Crippen LogP contribution in [0.25, 0.3) is 0 Å². The van der Waals surface area contributed by atoms with E-state index in [0.29, 0.717) is 0 Å². The summed E-state index contributed by atoms with van der Waals surface area (Å²) in [6.45, 7) is -0.114. The van der Waals surface area contributed by atoms with E-state index in [2.05, 4.69) is 5.32 Å². The summed E-state index contributed by atoms with van der Waals surface area (Å²) in [6.07, 6.45) is -0.940. The standard InChI is InChI=1S/C6H12N2O4S/c7-6(10)1-8-4-2-13(11,12)3-5(4)9/h4-5,8-9H,1-3H2,(H2,7,10)/t4-,5-/m1/s1. The summed E-state index contributed by atoms with van der Waals surface area (Å²) in [5.74, 6) is -0.957. The maximum Gasteiger partial charge on any atom is 0.231 e. The smallest absolute Gasteiger partial charge is 0.231 e. The molecule has 1 saturated heterocycles. The van der Waals surface area contributed by atoms with Crippen LogP contribution in [0, 0.1) is 0 Å². The zero-order valence-corrected chi connectivity index (χ0v) is 7.75. The first-order valence-corrected chi connectivity index (χ1v) is 5.63. The van der Waals surface area contributed by atoms with Gasteiger partial charge >= 0.3 is 0 Å². The quantitative estimate of drug-likeness (QED) is 0.465. The van der Waals surface area contributed by atoms with Crippen molar-refractivity contribution in [2.75, 3.05) is 18.1 Å². The van der Waals surface area contributed by atoms with E-state index in [9.17, 15) is 18.3 Å². The highest BCUT2D eigenvalue weighted by Gasteiger charge is 2.35. The van der Waals surface area contributed by atoms with Gasteiger partial charge in [0, 0.05) is 6.04 Å².